The van der Waals surface area contributed by atoms with Gasteiger partial charge in [0.2, 0.25) is 10.0 Å². The number of benzene rings is 1. The fourth-order valence-electron chi connectivity index (χ4n) is 2.45. The molecule has 0 saturated heterocycles. The molecule has 6 heteroatoms. The molecule has 0 fully saturated rings. The van der Waals surface area contributed by atoms with Gasteiger partial charge in [-0.2, -0.15) is 5.10 Å². The van der Waals surface area contributed by atoms with Crippen LogP contribution >= 0.6 is 0 Å². The van der Waals surface area contributed by atoms with E-state index in [1.807, 2.05) is 42.6 Å². The zero-order valence-corrected chi connectivity index (χ0v) is 13.8. The minimum Gasteiger partial charge on any atom is -0.241 e. The van der Waals surface area contributed by atoms with Crippen molar-refractivity contribution in [3.63, 3.8) is 0 Å². The molecule has 23 heavy (non-hydrogen) atoms. The number of aryl methyl sites for hydroxylation is 1. The molecule has 0 amide bonds. The summed E-state index contributed by atoms with van der Waals surface area (Å²) in [6.07, 6.45) is 3.83. The first-order valence-electron chi connectivity index (χ1n) is 7.60. The Hall–Kier alpha value is -2.18. The van der Waals surface area contributed by atoms with Gasteiger partial charge in [0.15, 0.2) is 0 Å². The molecule has 0 atom stereocenters. The minimum absolute atomic E-state index is 0.167. The number of fused-ring (bicyclic) bond motifs is 1. The second kappa shape index (κ2) is 6.52. The summed E-state index contributed by atoms with van der Waals surface area (Å²) >= 11 is 0. The highest BCUT2D eigenvalue weighted by Gasteiger charge is 2.14. The highest BCUT2D eigenvalue weighted by atomic mass is 32.2. The largest absolute Gasteiger partial charge is 0.241 e. The number of hydrogen-bond donors (Lipinski definition) is 1. The van der Waals surface area contributed by atoms with Gasteiger partial charge in [-0.25, -0.2) is 17.7 Å². The van der Waals surface area contributed by atoms with E-state index in [9.17, 15) is 8.42 Å². The maximum Gasteiger partial charge on any atom is 0.240 e. The van der Waals surface area contributed by atoms with Crippen molar-refractivity contribution in [3.05, 3.63) is 66.0 Å². The number of aromatic nitrogens is 2. The molecule has 3 rings (SSSR count). The predicted molar refractivity (Wildman–Crippen MR) is 89.7 cm³/mol. The first-order chi connectivity index (χ1) is 11.1. The Morgan fingerprint density at radius 3 is 2.61 bits per heavy atom. The Labute approximate surface area is 136 Å². The van der Waals surface area contributed by atoms with Crippen LogP contribution in [-0.4, -0.2) is 18.0 Å². The Kier molecular flexibility index (Phi) is 4.45. The Bertz CT molecular complexity index is 866. The summed E-state index contributed by atoms with van der Waals surface area (Å²) in [5.74, 6) is 0. The minimum atomic E-state index is -3.53. The molecule has 2 aromatic heterocycles. The zero-order chi connectivity index (χ0) is 16.3. The normalized spacial score (nSPS) is 11.9. The Balaban J connectivity index is 1.72. The number of rotatable bonds is 6. The lowest BCUT2D eigenvalue weighted by molar-refractivity contribution is 0.580. The average molecular weight is 329 g/mol. The molecule has 0 bridgehead atoms. The van der Waals surface area contributed by atoms with Gasteiger partial charge in [0, 0.05) is 6.20 Å². The third-order valence-corrected chi connectivity index (χ3v) is 5.05. The molecule has 2 heterocycles. The van der Waals surface area contributed by atoms with Crippen LogP contribution in [0.25, 0.3) is 5.52 Å². The van der Waals surface area contributed by atoms with Gasteiger partial charge in [0.1, 0.15) is 0 Å². The first-order valence-corrected chi connectivity index (χ1v) is 9.09. The summed E-state index contributed by atoms with van der Waals surface area (Å²) in [7, 11) is -3.53. The lowest BCUT2D eigenvalue weighted by Crippen LogP contribution is -2.23. The lowest BCUT2D eigenvalue weighted by atomic mass is 10.1. The van der Waals surface area contributed by atoms with Gasteiger partial charge in [-0.15, -0.1) is 0 Å². The molecule has 1 aromatic carbocycles. The highest BCUT2D eigenvalue weighted by molar-refractivity contribution is 7.89. The van der Waals surface area contributed by atoms with Crippen molar-refractivity contribution in [1.82, 2.24) is 14.3 Å². The summed E-state index contributed by atoms with van der Waals surface area (Å²) in [5, 5.41) is 4.34. The molecule has 0 unspecified atom stereocenters. The number of nitrogens with one attached hydrogen (secondary N) is 1. The summed E-state index contributed by atoms with van der Waals surface area (Å²) < 4.78 is 29.0. The molecule has 0 spiro atoms. The molecule has 5 nitrogen and oxygen atoms in total. The van der Waals surface area contributed by atoms with Gasteiger partial charge in [-0.3, -0.25) is 0 Å². The monoisotopic (exact) mass is 329 g/mol. The quantitative estimate of drug-likeness (QED) is 0.756. The topological polar surface area (TPSA) is 63.5 Å². The van der Waals surface area contributed by atoms with Crippen LogP contribution in [0.2, 0.25) is 0 Å². The molecular weight excluding hydrogens is 310 g/mol. The number of pyridine rings is 1. The van der Waals surface area contributed by atoms with Crippen LogP contribution in [0.4, 0.5) is 0 Å². The van der Waals surface area contributed by atoms with Crippen LogP contribution in [-0.2, 0) is 23.0 Å². The summed E-state index contributed by atoms with van der Waals surface area (Å²) in [4.78, 5) is 0.279. The van der Waals surface area contributed by atoms with E-state index >= 15 is 0 Å². The molecule has 0 radical (unpaired) electrons. The molecular formula is C17H19N3O2S. The van der Waals surface area contributed by atoms with Gasteiger partial charge in [-0.05, 0) is 42.3 Å². The van der Waals surface area contributed by atoms with Crippen LogP contribution in [0, 0.1) is 0 Å². The second-order valence-electron chi connectivity index (χ2n) is 5.42. The van der Waals surface area contributed by atoms with Gasteiger partial charge in [0.25, 0.3) is 0 Å². The van der Waals surface area contributed by atoms with E-state index < -0.39 is 10.0 Å². The molecule has 120 valence electrons. The van der Waals surface area contributed by atoms with Gasteiger partial charge in [0.05, 0.1) is 22.7 Å². The second-order valence-corrected chi connectivity index (χ2v) is 7.19. The summed E-state index contributed by atoms with van der Waals surface area (Å²) in [6, 6.07) is 14.6. The molecule has 0 saturated carbocycles. The summed E-state index contributed by atoms with van der Waals surface area (Å²) in [6.45, 7) is 2.27. The van der Waals surface area contributed by atoms with Gasteiger partial charge in [-0.1, -0.05) is 31.5 Å². The number of sulfonamides is 1. The van der Waals surface area contributed by atoms with E-state index in [2.05, 4.69) is 16.7 Å². The van der Waals surface area contributed by atoms with Crippen molar-refractivity contribution < 1.29 is 8.42 Å². The SMILES string of the molecule is CCCc1ccc(S(=O)(=O)NCc2cc3ccccn3n2)cc1. The van der Waals surface area contributed by atoms with E-state index in [0.29, 0.717) is 5.69 Å². The lowest BCUT2D eigenvalue weighted by Gasteiger charge is -2.06. The molecule has 0 aliphatic rings. The maximum atomic E-state index is 12.3. The number of hydrogen-bond acceptors (Lipinski definition) is 3. The fourth-order valence-corrected chi connectivity index (χ4v) is 3.45. The van der Waals surface area contributed by atoms with Crippen LogP contribution < -0.4 is 4.72 Å². The van der Waals surface area contributed by atoms with E-state index in [4.69, 9.17) is 0 Å². The standard InChI is InChI=1S/C17H19N3O2S/c1-2-5-14-7-9-17(10-8-14)23(21,22)18-13-15-12-16-6-3-4-11-20(16)19-15/h3-4,6-12,18H,2,5,13H2,1H3. The highest BCUT2D eigenvalue weighted by Crippen LogP contribution is 2.13. The van der Waals surface area contributed by atoms with Crippen molar-refractivity contribution in [2.24, 2.45) is 0 Å². The predicted octanol–water partition coefficient (Wildman–Crippen LogP) is 2.77. The zero-order valence-electron chi connectivity index (χ0n) is 12.9. The first kappa shape index (κ1) is 15.7. The molecule has 0 aliphatic heterocycles. The van der Waals surface area contributed by atoms with E-state index in [-0.39, 0.29) is 11.4 Å². The molecule has 3 aromatic rings. The van der Waals surface area contributed by atoms with Gasteiger partial charge < -0.3 is 0 Å². The smallest absolute Gasteiger partial charge is 0.240 e. The third kappa shape index (κ3) is 3.60. The van der Waals surface area contributed by atoms with Crippen LogP contribution in [0.1, 0.15) is 24.6 Å². The van der Waals surface area contributed by atoms with Crippen molar-refractivity contribution in [3.8, 4) is 0 Å². The van der Waals surface area contributed by atoms with Crippen LogP contribution in [0.3, 0.4) is 0 Å². The Morgan fingerprint density at radius 1 is 1.13 bits per heavy atom. The summed E-state index contributed by atoms with van der Waals surface area (Å²) in [5.41, 5.74) is 2.76. The average Bonchev–Trinajstić information content (AvgIpc) is 2.97. The van der Waals surface area contributed by atoms with Crippen LogP contribution in [0.15, 0.2) is 59.6 Å². The Morgan fingerprint density at radius 2 is 1.91 bits per heavy atom. The molecule has 1 N–H and O–H groups in total. The van der Waals surface area contributed by atoms with E-state index in [1.165, 1.54) is 0 Å². The van der Waals surface area contributed by atoms with Crippen LogP contribution in [0.5, 0.6) is 0 Å². The van der Waals surface area contributed by atoms with Crippen molar-refractivity contribution >= 4 is 15.5 Å². The van der Waals surface area contributed by atoms with Crippen molar-refractivity contribution in [2.75, 3.05) is 0 Å². The van der Waals surface area contributed by atoms with Crippen molar-refractivity contribution in [1.29, 1.82) is 0 Å². The van der Waals surface area contributed by atoms with E-state index in [1.54, 1.807) is 16.6 Å². The van der Waals surface area contributed by atoms with E-state index in [0.717, 1.165) is 23.9 Å². The molecule has 0 aliphatic carbocycles. The third-order valence-electron chi connectivity index (χ3n) is 3.64. The maximum absolute atomic E-state index is 12.3. The number of nitrogens with zero attached hydrogens (tertiary/aromatic N) is 2. The van der Waals surface area contributed by atoms with Gasteiger partial charge >= 0.3 is 0 Å². The fraction of sp³-hybridized carbons (Fsp3) is 0.235. The van der Waals surface area contributed by atoms with Crippen molar-refractivity contribution in [2.45, 2.75) is 31.2 Å².